The molecule has 0 amide bonds. The van der Waals surface area contributed by atoms with Crippen LogP contribution in [0.1, 0.15) is 11.1 Å². The molecule has 0 radical (unpaired) electrons. The van der Waals surface area contributed by atoms with Crippen LogP contribution in [-0.2, 0) is 6.42 Å². The van der Waals surface area contributed by atoms with Crippen LogP contribution in [0.5, 0.6) is 0 Å². The average molecular weight is 501 g/mol. The molecule has 0 aliphatic heterocycles. The molecule has 0 aliphatic carbocycles. The van der Waals surface area contributed by atoms with Gasteiger partial charge in [0.1, 0.15) is 0 Å². The molecular formula is C37H28N2. The summed E-state index contributed by atoms with van der Waals surface area (Å²) >= 11 is 0. The van der Waals surface area contributed by atoms with Crippen LogP contribution in [0.15, 0.2) is 152 Å². The number of nitrogens with one attached hydrogen (secondary N) is 1. The number of rotatable bonds is 6. The van der Waals surface area contributed by atoms with Crippen LogP contribution in [0, 0.1) is 0 Å². The molecule has 0 aliphatic rings. The Bertz CT molecular complexity index is 1860. The van der Waals surface area contributed by atoms with Gasteiger partial charge in [-0.05, 0) is 83.3 Å². The molecule has 0 atom stereocenters. The van der Waals surface area contributed by atoms with Crippen LogP contribution < -0.4 is 5.32 Å². The third kappa shape index (κ3) is 4.58. The van der Waals surface area contributed by atoms with Gasteiger partial charge in [0, 0.05) is 27.8 Å². The number of anilines is 2. The Hall–Kier alpha value is -5.08. The van der Waals surface area contributed by atoms with E-state index in [4.69, 9.17) is 0 Å². The van der Waals surface area contributed by atoms with E-state index in [2.05, 4.69) is 162 Å². The van der Waals surface area contributed by atoms with Gasteiger partial charge >= 0.3 is 0 Å². The van der Waals surface area contributed by atoms with Gasteiger partial charge in [-0.1, -0.05) is 97.1 Å². The molecule has 7 aromatic rings. The molecule has 39 heavy (non-hydrogen) atoms. The van der Waals surface area contributed by atoms with E-state index in [1.807, 2.05) is 0 Å². The van der Waals surface area contributed by atoms with Crippen molar-refractivity contribution in [3.63, 3.8) is 0 Å². The van der Waals surface area contributed by atoms with E-state index in [9.17, 15) is 0 Å². The predicted octanol–water partition coefficient (Wildman–Crippen LogP) is 9.79. The number of hydrogen-bond donors (Lipinski definition) is 1. The Morgan fingerprint density at radius 3 is 1.74 bits per heavy atom. The molecule has 0 fully saturated rings. The van der Waals surface area contributed by atoms with Gasteiger partial charge in [-0.3, -0.25) is 0 Å². The summed E-state index contributed by atoms with van der Waals surface area (Å²) in [6, 6.07) is 54.1. The largest absolute Gasteiger partial charge is 0.356 e. The first-order chi connectivity index (χ1) is 19.3. The summed E-state index contributed by atoms with van der Waals surface area (Å²) in [5.74, 6) is 0. The summed E-state index contributed by atoms with van der Waals surface area (Å²) in [4.78, 5) is 0. The maximum atomic E-state index is 3.55. The van der Waals surface area contributed by atoms with Crippen LogP contribution in [0.25, 0.3) is 38.6 Å². The van der Waals surface area contributed by atoms with Gasteiger partial charge < -0.3 is 9.88 Å². The van der Waals surface area contributed by atoms with Gasteiger partial charge in [-0.2, -0.15) is 0 Å². The fraction of sp³-hybridized carbons (Fsp3) is 0.0270. The zero-order chi connectivity index (χ0) is 26.0. The van der Waals surface area contributed by atoms with Crippen molar-refractivity contribution in [2.75, 3.05) is 5.32 Å². The quantitative estimate of drug-likeness (QED) is 0.240. The Morgan fingerprint density at radius 1 is 0.436 bits per heavy atom. The van der Waals surface area contributed by atoms with Crippen LogP contribution >= 0.6 is 0 Å². The normalized spacial score (nSPS) is 11.2. The zero-order valence-corrected chi connectivity index (χ0v) is 21.6. The van der Waals surface area contributed by atoms with Gasteiger partial charge in [0.15, 0.2) is 0 Å². The highest BCUT2D eigenvalue weighted by atomic mass is 15.0. The summed E-state index contributed by atoms with van der Waals surface area (Å²) in [6.45, 7) is 0. The standard InChI is InChI=1S/C37H28N2/c1-3-9-27(10-4-1)25-28-15-20-31(21-16-28)38-32-22-17-29(18-23-32)30-19-24-37-35(26-30)34-13-7-8-14-36(34)39(37)33-11-5-2-6-12-33/h1-24,26,38H,25H2. The molecular weight excluding hydrogens is 472 g/mol. The van der Waals surface area contributed by atoms with Crippen molar-refractivity contribution in [3.05, 3.63) is 163 Å². The van der Waals surface area contributed by atoms with Crippen molar-refractivity contribution in [1.29, 1.82) is 0 Å². The van der Waals surface area contributed by atoms with Crippen LogP contribution in [0.4, 0.5) is 11.4 Å². The number of benzene rings is 6. The molecule has 2 heteroatoms. The number of aromatic nitrogens is 1. The smallest absolute Gasteiger partial charge is 0.0541 e. The molecule has 0 spiro atoms. The van der Waals surface area contributed by atoms with Gasteiger partial charge in [-0.15, -0.1) is 0 Å². The van der Waals surface area contributed by atoms with Crippen molar-refractivity contribution in [3.8, 4) is 16.8 Å². The second-order valence-electron chi connectivity index (χ2n) is 9.98. The fourth-order valence-electron chi connectivity index (χ4n) is 5.46. The van der Waals surface area contributed by atoms with Crippen LogP contribution in [0.3, 0.4) is 0 Å². The summed E-state index contributed by atoms with van der Waals surface area (Å²) in [6.07, 6.45) is 0.949. The first kappa shape index (κ1) is 23.1. The highest BCUT2D eigenvalue weighted by Gasteiger charge is 2.12. The lowest BCUT2D eigenvalue weighted by molar-refractivity contribution is 1.18. The number of hydrogen-bond acceptors (Lipinski definition) is 1. The van der Waals surface area contributed by atoms with Crippen molar-refractivity contribution >= 4 is 33.2 Å². The Morgan fingerprint density at radius 2 is 1.00 bits per heavy atom. The first-order valence-electron chi connectivity index (χ1n) is 13.4. The molecule has 6 aromatic carbocycles. The average Bonchev–Trinajstić information content (AvgIpc) is 3.33. The molecule has 0 unspecified atom stereocenters. The minimum Gasteiger partial charge on any atom is -0.356 e. The third-order valence-corrected chi connectivity index (χ3v) is 7.40. The Kier molecular flexibility index (Phi) is 5.91. The predicted molar refractivity (Wildman–Crippen MR) is 165 cm³/mol. The van der Waals surface area contributed by atoms with Gasteiger partial charge in [0.05, 0.1) is 11.0 Å². The lowest BCUT2D eigenvalue weighted by atomic mass is 10.0. The minimum absolute atomic E-state index is 0.949. The Balaban J connectivity index is 1.14. The van der Waals surface area contributed by atoms with E-state index >= 15 is 0 Å². The molecule has 0 saturated heterocycles. The summed E-state index contributed by atoms with van der Waals surface area (Å²) in [7, 11) is 0. The fourth-order valence-corrected chi connectivity index (χ4v) is 5.46. The molecule has 0 saturated carbocycles. The molecule has 2 nitrogen and oxygen atoms in total. The van der Waals surface area contributed by atoms with Crippen molar-refractivity contribution in [2.45, 2.75) is 6.42 Å². The SMILES string of the molecule is c1ccc(Cc2ccc(Nc3ccc(-c4ccc5c(c4)c4ccccc4n5-c4ccccc4)cc3)cc2)cc1. The van der Waals surface area contributed by atoms with E-state index in [1.54, 1.807) is 0 Å². The highest BCUT2D eigenvalue weighted by molar-refractivity contribution is 6.10. The lowest BCUT2D eigenvalue weighted by Gasteiger charge is -2.10. The number of nitrogens with zero attached hydrogens (tertiary/aromatic N) is 1. The molecule has 0 bridgehead atoms. The monoisotopic (exact) mass is 500 g/mol. The summed E-state index contributed by atoms with van der Waals surface area (Å²) in [5.41, 5.74) is 10.9. The van der Waals surface area contributed by atoms with E-state index in [0.717, 1.165) is 17.8 Å². The zero-order valence-electron chi connectivity index (χ0n) is 21.6. The molecule has 1 heterocycles. The van der Waals surface area contributed by atoms with E-state index < -0.39 is 0 Å². The first-order valence-corrected chi connectivity index (χ1v) is 13.4. The lowest BCUT2D eigenvalue weighted by Crippen LogP contribution is -1.93. The van der Waals surface area contributed by atoms with E-state index in [0.29, 0.717) is 0 Å². The van der Waals surface area contributed by atoms with Crippen LogP contribution in [0.2, 0.25) is 0 Å². The Labute approximate surface area is 228 Å². The minimum atomic E-state index is 0.949. The topological polar surface area (TPSA) is 17.0 Å². The van der Waals surface area contributed by atoms with Crippen molar-refractivity contribution in [2.24, 2.45) is 0 Å². The van der Waals surface area contributed by atoms with Crippen molar-refractivity contribution in [1.82, 2.24) is 4.57 Å². The highest BCUT2D eigenvalue weighted by Crippen LogP contribution is 2.35. The van der Waals surface area contributed by atoms with Crippen LogP contribution in [-0.4, -0.2) is 4.57 Å². The van der Waals surface area contributed by atoms with Gasteiger partial charge in [0.2, 0.25) is 0 Å². The molecule has 7 rings (SSSR count). The maximum absolute atomic E-state index is 3.55. The van der Waals surface area contributed by atoms with E-state index in [1.165, 1.54) is 49.7 Å². The summed E-state index contributed by atoms with van der Waals surface area (Å²) in [5, 5.41) is 6.08. The summed E-state index contributed by atoms with van der Waals surface area (Å²) < 4.78 is 2.35. The van der Waals surface area contributed by atoms with E-state index in [-0.39, 0.29) is 0 Å². The molecule has 186 valence electrons. The van der Waals surface area contributed by atoms with Gasteiger partial charge in [-0.25, -0.2) is 0 Å². The second kappa shape index (κ2) is 10.00. The maximum Gasteiger partial charge on any atom is 0.0541 e. The molecule has 1 N–H and O–H groups in total. The second-order valence-corrected chi connectivity index (χ2v) is 9.98. The van der Waals surface area contributed by atoms with Crippen molar-refractivity contribution < 1.29 is 0 Å². The number of fused-ring (bicyclic) bond motifs is 3. The number of para-hydroxylation sites is 2. The van der Waals surface area contributed by atoms with Gasteiger partial charge in [0.25, 0.3) is 0 Å². The molecule has 1 aromatic heterocycles. The third-order valence-electron chi connectivity index (χ3n) is 7.40.